The smallest absolute Gasteiger partial charge is 0.241 e. The number of carbonyl (C=O) groups is 1. The summed E-state index contributed by atoms with van der Waals surface area (Å²) in [7, 11) is 0. The van der Waals surface area contributed by atoms with Crippen LogP contribution in [0.15, 0.2) is 16.9 Å². The standard InChI is InChI=1S/C12H21BrN4O/c1-3-16(4-2)7-5-6-14-12(18)10-17-9-11(13)8-15-17/h8-9H,3-7,10H2,1-2H3,(H,14,18). The van der Waals surface area contributed by atoms with Gasteiger partial charge in [-0.2, -0.15) is 5.10 Å². The number of amides is 1. The highest BCUT2D eigenvalue weighted by molar-refractivity contribution is 9.10. The number of hydrogen-bond donors (Lipinski definition) is 1. The molecule has 0 aliphatic carbocycles. The summed E-state index contributed by atoms with van der Waals surface area (Å²) < 4.78 is 2.50. The second-order valence-electron chi connectivity index (χ2n) is 4.09. The van der Waals surface area contributed by atoms with Crippen molar-refractivity contribution in [1.82, 2.24) is 20.0 Å². The maximum absolute atomic E-state index is 11.6. The molecule has 1 aromatic rings. The lowest BCUT2D eigenvalue weighted by Gasteiger charge is -2.17. The highest BCUT2D eigenvalue weighted by Gasteiger charge is 2.04. The molecule has 5 nitrogen and oxygen atoms in total. The van der Waals surface area contributed by atoms with Crippen LogP contribution in [0.5, 0.6) is 0 Å². The molecule has 1 N–H and O–H groups in total. The summed E-state index contributed by atoms with van der Waals surface area (Å²) >= 11 is 3.30. The summed E-state index contributed by atoms with van der Waals surface area (Å²) in [5.74, 6) is 0.00477. The van der Waals surface area contributed by atoms with Gasteiger partial charge in [0.05, 0.1) is 10.7 Å². The predicted octanol–water partition coefficient (Wildman–Crippen LogP) is 1.49. The number of aromatic nitrogens is 2. The van der Waals surface area contributed by atoms with Gasteiger partial charge >= 0.3 is 0 Å². The lowest BCUT2D eigenvalue weighted by molar-refractivity contribution is -0.121. The molecular formula is C12H21BrN4O. The van der Waals surface area contributed by atoms with E-state index >= 15 is 0 Å². The molecule has 0 aromatic carbocycles. The normalized spacial score (nSPS) is 10.9. The predicted molar refractivity (Wildman–Crippen MR) is 75.3 cm³/mol. The summed E-state index contributed by atoms with van der Waals surface area (Å²) in [5, 5.41) is 6.94. The Morgan fingerprint density at radius 2 is 2.22 bits per heavy atom. The van der Waals surface area contributed by atoms with E-state index in [0.29, 0.717) is 0 Å². The van der Waals surface area contributed by atoms with Gasteiger partial charge in [-0.1, -0.05) is 13.8 Å². The Morgan fingerprint density at radius 1 is 1.50 bits per heavy atom. The van der Waals surface area contributed by atoms with Crippen molar-refractivity contribution in [2.45, 2.75) is 26.8 Å². The third-order valence-corrected chi connectivity index (χ3v) is 3.18. The zero-order chi connectivity index (χ0) is 13.4. The van der Waals surface area contributed by atoms with Crippen LogP contribution in [0.25, 0.3) is 0 Å². The fraction of sp³-hybridized carbons (Fsp3) is 0.667. The Morgan fingerprint density at radius 3 is 2.78 bits per heavy atom. The molecule has 18 heavy (non-hydrogen) atoms. The van der Waals surface area contributed by atoms with Gasteiger partial charge in [-0.05, 0) is 42.0 Å². The number of nitrogens with one attached hydrogen (secondary N) is 1. The third-order valence-electron chi connectivity index (χ3n) is 2.78. The Hall–Kier alpha value is -0.880. The minimum absolute atomic E-state index is 0.00477. The summed E-state index contributed by atoms with van der Waals surface area (Å²) in [4.78, 5) is 13.9. The molecule has 0 atom stereocenters. The van der Waals surface area contributed by atoms with Crippen LogP contribution in [0.3, 0.4) is 0 Å². The largest absolute Gasteiger partial charge is 0.354 e. The molecule has 0 aliphatic heterocycles. The van der Waals surface area contributed by atoms with Crippen molar-refractivity contribution in [1.29, 1.82) is 0 Å². The van der Waals surface area contributed by atoms with Gasteiger partial charge in [0, 0.05) is 12.7 Å². The number of carbonyl (C=O) groups excluding carboxylic acids is 1. The first-order valence-corrected chi connectivity index (χ1v) is 7.12. The van der Waals surface area contributed by atoms with Crippen LogP contribution in [0, 0.1) is 0 Å². The van der Waals surface area contributed by atoms with Crippen LogP contribution in [0.1, 0.15) is 20.3 Å². The lowest BCUT2D eigenvalue weighted by atomic mass is 10.3. The second kappa shape index (κ2) is 8.26. The zero-order valence-corrected chi connectivity index (χ0v) is 12.6. The summed E-state index contributed by atoms with van der Waals surface area (Å²) in [6, 6.07) is 0. The van der Waals surface area contributed by atoms with Crippen LogP contribution < -0.4 is 5.32 Å². The minimum Gasteiger partial charge on any atom is -0.354 e. The van der Waals surface area contributed by atoms with Gasteiger partial charge in [-0.15, -0.1) is 0 Å². The van der Waals surface area contributed by atoms with Gasteiger partial charge in [-0.3, -0.25) is 9.48 Å². The monoisotopic (exact) mass is 316 g/mol. The molecular weight excluding hydrogens is 296 g/mol. The SMILES string of the molecule is CCN(CC)CCCNC(=O)Cn1cc(Br)cn1. The van der Waals surface area contributed by atoms with E-state index in [-0.39, 0.29) is 12.5 Å². The van der Waals surface area contributed by atoms with Crippen molar-refractivity contribution in [2.75, 3.05) is 26.2 Å². The van der Waals surface area contributed by atoms with Gasteiger partial charge in [0.15, 0.2) is 0 Å². The average molecular weight is 317 g/mol. The molecule has 0 spiro atoms. The zero-order valence-electron chi connectivity index (χ0n) is 11.0. The van der Waals surface area contributed by atoms with Crippen LogP contribution in [-0.4, -0.2) is 46.8 Å². The van der Waals surface area contributed by atoms with Gasteiger partial charge < -0.3 is 10.2 Å². The fourth-order valence-electron chi connectivity index (χ4n) is 1.70. The maximum atomic E-state index is 11.6. The molecule has 0 saturated heterocycles. The van der Waals surface area contributed by atoms with Crippen LogP contribution in [0.4, 0.5) is 0 Å². The molecule has 1 aromatic heterocycles. The second-order valence-corrected chi connectivity index (χ2v) is 5.00. The molecule has 6 heteroatoms. The third kappa shape index (κ3) is 5.64. The van der Waals surface area contributed by atoms with Gasteiger partial charge in [0.1, 0.15) is 6.54 Å². The molecule has 0 unspecified atom stereocenters. The van der Waals surface area contributed by atoms with Crippen molar-refractivity contribution in [3.63, 3.8) is 0 Å². The van der Waals surface area contributed by atoms with E-state index in [1.807, 2.05) is 0 Å². The summed E-state index contributed by atoms with van der Waals surface area (Å²) in [6.45, 7) is 8.45. The van der Waals surface area contributed by atoms with Crippen molar-refractivity contribution in [3.8, 4) is 0 Å². The summed E-state index contributed by atoms with van der Waals surface area (Å²) in [5.41, 5.74) is 0. The van der Waals surface area contributed by atoms with Crippen LogP contribution >= 0.6 is 15.9 Å². The van der Waals surface area contributed by atoms with Gasteiger partial charge in [0.2, 0.25) is 5.91 Å². The van der Waals surface area contributed by atoms with Gasteiger partial charge in [-0.25, -0.2) is 0 Å². The Labute approximate surface area is 117 Å². The first-order valence-electron chi connectivity index (χ1n) is 6.32. The first kappa shape index (κ1) is 15.2. The van der Waals surface area contributed by atoms with Crippen LogP contribution in [0.2, 0.25) is 0 Å². The van der Waals surface area contributed by atoms with Gasteiger partial charge in [0.25, 0.3) is 0 Å². The van der Waals surface area contributed by atoms with E-state index in [4.69, 9.17) is 0 Å². The highest BCUT2D eigenvalue weighted by atomic mass is 79.9. The summed E-state index contributed by atoms with van der Waals surface area (Å²) in [6.07, 6.45) is 4.44. The van der Waals surface area contributed by atoms with Crippen molar-refractivity contribution in [2.24, 2.45) is 0 Å². The van der Waals surface area contributed by atoms with E-state index in [9.17, 15) is 4.79 Å². The van der Waals surface area contributed by atoms with Crippen molar-refractivity contribution in [3.05, 3.63) is 16.9 Å². The fourth-order valence-corrected chi connectivity index (χ4v) is 2.03. The highest BCUT2D eigenvalue weighted by Crippen LogP contribution is 2.05. The topological polar surface area (TPSA) is 50.2 Å². The number of rotatable bonds is 8. The Bertz CT molecular complexity index is 363. The van der Waals surface area contributed by atoms with E-state index < -0.39 is 0 Å². The maximum Gasteiger partial charge on any atom is 0.241 e. The van der Waals surface area contributed by atoms with E-state index in [0.717, 1.165) is 37.1 Å². The molecule has 0 fully saturated rings. The van der Waals surface area contributed by atoms with E-state index in [1.54, 1.807) is 17.1 Å². The van der Waals surface area contributed by atoms with Crippen LogP contribution in [-0.2, 0) is 11.3 Å². The molecule has 1 heterocycles. The molecule has 0 radical (unpaired) electrons. The quantitative estimate of drug-likeness (QED) is 0.739. The molecule has 0 saturated carbocycles. The Balaban J connectivity index is 2.14. The molecule has 0 aliphatic rings. The molecule has 102 valence electrons. The number of hydrogen-bond acceptors (Lipinski definition) is 3. The van der Waals surface area contributed by atoms with E-state index in [1.165, 1.54) is 0 Å². The Kier molecular flexibility index (Phi) is 6.97. The molecule has 1 amide bonds. The first-order chi connectivity index (χ1) is 8.65. The number of nitrogens with zero attached hydrogens (tertiary/aromatic N) is 3. The average Bonchev–Trinajstić information content (AvgIpc) is 2.75. The molecule has 1 rings (SSSR count). The molecule has 0 bridgehead atoms. The van der Waals surface area contributed by atoms with Crippen molar-refractivity contribution >= 4 is 21.8 Å². The van der Waals surface area contributed by atoms with E-state index in [2.05, 4.69) is 45.1 Å². The minimum atomic E-state index is 0.00477. The van der Waals surface area contributed by atoms with Crippen molar-refractivity contribution < 1.29 is 4.79 Å². The lowest BCUT2D eigenvalue weighted by Crippen LogP contribution is -2.31. The number of halogens is 1.